The quantitative estimate of drug-likeness (QED) is 0.733. The Morgan fingerprint density at radius 3 is 3.00 bits per heavy atom. The number of aryl methyl sites for hydroxylation is 1. The zero-order valence-corrected chi connectivity index (χ0v) is 14.7. The minimum Gasteiger partial charge on any atom is -0.340 e. The van der Waals surface area contributed by atoms with E-state index in [0.717, 1.165) is 29.7 Å². The Morgan fingerprint density at radius 1 is 1.33 bits per heavy atom. The molecule has 0 bridgehead atoms. The number of aromatic nitrogens is 4. The average molecular weight is 386 g/mol. The summed E-state index contributed by atoms with van der Waals surface area (Å²) in [6, 6.07) is 7.86. The van der Waals surface area contributed by atoms with Crippen molar-refractivity contribution in [1.29, 1.82) is 0 Å². The Morgan fingerprint density at radius 2 is 2.17 bits per heavy atom. The number of fused-ring (bicyclic) bond motifs is 1. The first-order valence-corrected chi connectivity index (χ1v) is 8.67. The van der Waals surface area contributed by atoms with Gasteiger partial charge in [-0.3, -0.25) is 4.79 Å². The molecule has 1 unspecified atom stereocenters. The first kappa shape index (κ1) is 15.3. The van der Waals surface area contributed by atoms with Gasteiger partial charge in [-0.15, -0.1) is 0 Å². The highest BCUT2D eigenvalue weighted by Gasteiger charge is 2.34. The number of nitrogens with zero attached hydrogens (tertiary/aromatic N) is 4. The molecule has 7 heteroatoms. The predicted molar refractivity (Wildman–Crippen MR) is 93.6 cm³/mol. The van der Waals surface area contributed by atoms with Crippen LogP contribution in [0.3, 0.4) is 0 Å². The third-order valence-corrected chi connectivity index (χ3v) is 4.88. The van der Waals surface area contributed by atoms with Crippen molar-refractivity contribution >= 4 is 32.9 Å². The number of hydrogen-bond donors (Lipinski definition) is 1. The highest BCUT2D eigenvalue weighted by molar-refractivity contribution is 9.10. The molecule has 3 aromatic rings. The molecule has 1 aliphatic heterocycles. The van der Waals surface area contributed by atoms with E-state index >= 15 is 0 Å². The van der Waals surface area contributed by atoms with Crippen LogP contribution in [0.2, 0.25) is 0 Å². The summed E-state index contributed by atoms with van der Waals surface area (Å²) in [4.78, 5) is 31.3. The van der Waals surface area contributed by atoms with E-state index in [1.54, 1.807) is 13.1 Å². The number of aromatic amines is 1. The fraction of sp³-hybridized carbons (Fsp3) is 0.294. The Balaban J connectivity index is 1.69. The van der Waals surface area contributed by atoms with Gasteiger partial charge in [-0.2, -0.15) is 0 Å². The van der Waals surface area contributed by atoms with Crippen molar-refractivity contribution in [3.8, 4) is 0 Å². The zero-order valence-electron chi connectivity index (χ0n) is 13.2. The summed E-state index contributed by atoms with van der Waals surface area (Å²) in [5.74, 6) is 1.33. The number of nitrogens with one attached hydrogen (secondary N) is 1. The number of carbonyl (C=O) groups excluding carboxylic acids is 1. The second-order valence-corrected chi connectivity index (χ2v) is 6.76. The normalized spacial score (nSPS) is 17.6. The fourth-order valence-corrected chi connectivity index (χ4v) is 3.53. The lowest BCUT2D eigenvalue weighted by molar-refractivity contribution is 0.0723. The molecule has 0 aliphatic carbocycles. The lowest BCUT2D eigenvalue weighted by Gasteiger charge is -2.23. The molecule has 0 spiro atoms. The molecule has 122 valence electrons. The van der Waals surface area contributed by atoms with Crippen LogP contribution in [0.1, 0.15) is 41.0 Å². The minimum atomic E-state index is -0.0877. The molecule has 1 N–H and O–H groups in total. The topological polar surface area (TPSA) is 74.8 Å². The maximum atomic E-state index is 13.0. The Kier molecular flexibility index (Phi) is 3.80. The standard InChI is InChI=1S/C17H16BrN5O/c1-10-19-9-11(18)15(20-10)17(24)23-8-4-7-14(23)16-21-12-5-2-3-6-13(12)22-16/h2-3,5-6,9,14H,4,7-8H2,1H3,(H,21,22). The minimum absolute atomic E-state index is 0.0490. The van der Waals surface area contributed by atoms with E-state index in [1.807, 2.05) is 29.2 Å². The second kappa shape index (κ2) is 5.98. The fourth-order valence-electron chi connectivity index (χ4n) is 3.17. The number of carbonyl (C=O) groups is 1. The van der Waals surface area contributed by atoms with Gasteiger partial charge in [0.05, 0.1) is 21.5 Å². The molecule has 6 nitrogen and oxygen atoms in total. The molecular formula is C17H16BrN5O. The molecule has 0 saturated carbocycles. The van der Waals surface area contributed by atoms with E-state index in [2.05, 4.69) is 35.9 Å². The summed E-state index contributed by atoms with van der Waals surface area (Å²) in [5, 5.41) is 0. The van der Waals surface area contributed by atoms with Crippen molar-refractivity contribution in [2.24, 2.45) is 0 Å². The number of halogens is 1. The summed E-state index contributed by atoms with van der Waals surface area (Å²) in [7, 11) is 0. The number of imidazole rings is 1. The molecule has 1 amide bonds. The van der Waals surface area contributed by atoms with Crippen LogP contribution in [0.15, 0.2) is 34.9 Å². The maximum absolute atomic E-state index is 13.0. The Hall–Kier alpha value is -2.28. The molecule has 1 saturated heterocycles. The first-order valence-electron chi connectivity index (χ1n) is 7.88. The number of likely N-dealkylation sites (tertiary alicyclic amines) is 1. The van der Waals surface area contributed by atoms with Gasteiger partial charge in [0.1, 0.15) is 17.3 Å². The van der Waals surface area contributed by atoms with Gasteiger partial charge in [-0.25, -0.2) is 15.0 Å². The van der Waals surface area contributed by atoms with Gasteiger partial charge in [-0.05, 0) is 47.8 Å². The summed E-state index contributed by atoms with van der Waals surface area (Å²) >= 11 is 3.39. The number of hydrogen-bond acceptors (Lipinski definition) is 4. The third-order valence-electron chi connectivity index (χ3n) is 4.30. The van der Waals surface area contributed by atoms with Gasteiger partial charge >= 0.3 is 0 Å². The van der Waals surface area contributed by atoms with E-state index in [0.29, 0.717) is 22.5 Å². The molecule has 0 radical (unpaired) electrons. The van der Waals surface area contributed by atoms with Gasteiger partial charge in [-0.1, -0.05) is 12.1 Å². The molecule has 1 atom stereocenters. The SMILES string of the molecule is Cc1ncc(Br)c(C(=O)N2CCCC2c2nc3ccccc3[nH]2)n1. The van der Waals surface area contributed by atoms with Crippen LogP contribution in [-0.4, -0.2) is 37.3 Å². The zero-order chi connectivity index (χ0) is 16.7. The Labute approximate surface area is 147 Å². The molecule has 3 heterocycles. The van der Waals surface area contributed by atoms with Gasteiger partial charge in [0.2, 0.25) is 0 Å². The van der Waals surface area contributed by atoms with E-state index < -0.39 is 0 Å². The highest BCUT2D eigenvalue weighted by Crippen LogP contribution is 2.33. The molecule has 4 rings (SSSR count). The number of amides is 1. The molecule has 2 aromatic heterocycles. The molecule has 1 aliphatic rings. The number of para-hydroxylation sites is 2. The highest BCUT2D eigenvalue weighted by atomic mass is 79.9. The summed E-state index contributed by atoms with van der Waals surface area (Å²) < 4.78 is 0.619. The van der Waals surface area contributed by atoms with E-state index in [9.17, 15) is 4.79 Å². The lowest BCUT2D eigenvalue weighted by Crippen LogP contribution is -2.32. The van der Waals surface area contributed by atoms with Crippen LogP contribution in [0.4, 0.5) is 0 Å². The maximum Gasteiger partial charge on any atom is 0.274 e. The number of benzene rings is 1. The summed E-state index contributed by atoms with van der Waals surface area (Å²) in [6.07, 6.45) is 3.48. The molecule has 1 aromatic carbocycles. The van der Waals surface area contributed by atoms with Gasteiger partial charge < -0.3 is 9.88 Å². The van der Waals surface area contributed by atoms with Crippen molar-refractivity contribution < 1.29 is 4.79 Å². The monoisotopic (exact) mass is 385 g/mol. The summed E-state index contributed by atoms with van der Waals surface area (Å²) in [5.41, 5.74) is 2.32. The van der Waals surface area contributed by atoms with E-state index in [1.165, 1.54) is 0 Å². The Bertz CT molecular complexity index is 889. The smallest absolute Gasteiger partial charge is 0.274 e. The lowest BCUT2D eigenvalue weighted by atomic mass is 10.2. The van der Waals surface area contributed by atoms with Crippen LogP contribution in [0.25, 0.3) is 11.0 Å². The van der Waals surface area contributed by atoms with Crippen molar-refractivity contribution in [3.63, 3.8) is 0 Å². The largest absolute Gasteiger partial charge is 0.340 e. The predicted octanol–water partition coefficient (Wildman–Crippen LogP) is 3.40. The van der Waals surface area contributed by atoms with Crippen LogP contribution in [0, 0.1) is 6.92 Å². The first-order chi connectivity index (χ1) is 11.6. The van der Waals surface area contributed by atoms with Crippen LogP contribution >= 0.6 is 15.9 Å². The summed E-state index contributed by atoms with van der Waals surface area (Å²) in [6.45, 7) is 2.49. The molecule has 1 fully saturated rings. The van der Waals surface area contributed by atoms with Crippen LogP contribution < -0.4 is 0 Å². The second-order valence-electron chi connectivity index (χ2n) is 5.91. The van der Waals surface area contributed by atoms with Gasteiger partial charge in [0.25, 0.3) is 5.91 Å². The number of H-pyrrole nitrogens is 1. The molecular weight excluding hydrogens is 370 g/mol. The van der Waals surface area contributed by atoms with Crippen LogP contribution in [0.5, 0.6) is 0 Å². The molecule has 24 heavy (non-hydrogen) atoms. The average Bonchev–Trinajstić information content (AvgIpc) is 3.22. The van der Waals surface area contributed by atoms with Crippen molar-refractivity contribution in [3.05, 3.63) is 52.3 Å². The van der Waals surface area contributed by atoms with E-state index in [4.69, 9.17) is 0 Å². The third kappa shape index (κ3) is 2.58. The van der Waals surface area contributed by atoms with Crippen molar-refractivity contribution in [1.82, 2.24) is 24.8 Å². The van der Waals surface area contributed by atoms with Crippen molar-refractivity contribution in [2.75, 3.05) is 6.54 Å². The van der Waals surface area contributed by atoms with Gasteiger partial charge in [0, 0.05) is 12.7 Å². The van der Waals surface area contributed by atoms with Crippen LogP contribution in [-0.2, 0) is 0 Å². The van der Waals surface area contributed by atoms with Gasteiger partial charge in [0.15, 0.2) is 0 Å². The van der Waals surface area contributed by atoms with Crippen molar-refractivity contribution in [2.45, 2.75) is 25.8 Å². The van der Waals surface area contributed by atoms with E-state index in [-0.39, 0.29) is 11.9 Å². The number of rotatable bonds is 2.